The Morgan fingerprint density at radius 2 is 2.12 bits per heavy atom. The summed E-state index contributed by atoms with van der Waals surface area (Å²) in [5, 5.41) is 16.9. The minimum absolute atomic E-state index is 0.0788. The van der Waals surface area contributed by atoms with E-state index in [1.807, 2.05) is 13.0 Å². The summed E-state index contributed by atoms with van der Waals surface area (Å²) >= 11 is 5.92. The molecule has 0 saturated heterocycles. The van der Waals surface area contributed by atoms with Crippen molar-refractivity contribution in [3.63, 3.8) is 0 Å². The molecule has 0 radical (unpaired) electrons. The van der Waals surface area contributed by atoms with E-state index in [0.29, 0.717) is 16.5 Å². The first-order valence-electron chi connectivity index (χ1n) is 7.54. The molecule has 2 aromatic carbocycles. The zero-order valence-electron chi connectivity index (χ0n) is 13.4. The Hall–Kier alpha value is -2.99. The van der Waals surface area contributed by atoms with E-state index in [2.05, 4.69) is 10.4 Å². The number of amides is 1. The van der Waals surface area contributed by atoms with Gasteiger partial charge in [0, 0.05) is 23.0 Å². The summed E-state index contributed by atoms with van der Waals surface area (Å²) in [6, 6.07) is 13.3. The highest BCUT2D eigenvalue weighted by Gasteiger charge is 2.10. The minimum atomic E-state index is -0.368. The number of carbonyl (C=O) groups is 1. The number of aryl methyl sites for hydroxylation is 1. The lowest BCUT2D eigenvalue weighted by Gasteiger charge is -2.09. The lowest BCUT2D eigenvalue weighted by molar-refractivity contribution is 0.102. The molecule has 1 aromatic heterocycles. The molecule has 0 aliphatic rings. The predicted molar refractivity (Wildman–Crippen MR) is 95.1 cm³/mol. The molecule has 1 amide bonds. The monoisotopic (exact) mass is 357 g/mol. The molecule has 0 atom stereocenters. The zero-order chi connectivity index (χ0) is 17.8. The van der Waals surface area contributed by atoms with E-state index in [9.17, 15) is 9.90 Å². The highest BCUT2D eigenvalue weighted by Crippen LogP contribution is 2.22. The number of phenols is 1. The number of rotatable bonds is 5. The van der Waals surface area contributed by atoms with Gasteiger partial charge < -0.3 is 15.2 Å². The molecule has 0 saturated carbocycles. The second-order valence-electron chi connectivity index (χ2n) is 5.43. The van der Waals surface area contributed by atoms with Crippen molar-refractivity contribution in [2.45, 2.75) is 13.7 Å². The van der Waals surface area contributed by atoms with Crippen molar-refractivity contribution < 1.29 is 14.6 Å². The van der Waals surface area contributed by atoms with Crippen LogP contribution in [0.1, 0.15) is 16.1 Å². The van der Waals surface area contributed by atoms with Gasteiger partial charge in [-0.05, 0) is 48.9 Å². The SMILES string of the molecule is Cc1cc(Cl)ccc1OCn1ccc(C(=O)Nc2cccc(O)c2)n1. The summed E-state index contributed by atoms with van der Waals surface area (Å²) in [5.74, 6) is 0.410. The first-order valence-corrected chi connectivity index (χ1v) is 7.92. The van der Waals surface area contributed by atoms with Gasteiger partial charge in [-0.1, -0.05) is 17.7 Å². The fourth-order valence-corrected chi connectivity index (χ4v) is 2.47. The summed E-state index contributed by atoms with van der Waals surface area (Å²) in [5.41, 5.74) is 1.66. The molecule has 128 valence electrons. The van der Waals surface area contributed by atoms with Gasteiger partial charge >= 0.3 is 0 Å². The number of benzene rings is 2. The van der Waals surface area contributed by atoms with Crippen LogP contribution in [0.2, 0.25) is 5.02 Å². The van der Waals surface area contributed by atoms with Crippen LogP contribution in [0.4, 0.5) is 5.69 Å². The van der Waals surface area contributed by atoms with Gasteiger partial charge in [0.1, 0.15) is 11.5 Å². The summed E-state index contributed by atoms with van der Waals surface area (Å²) in [7, 11) is 0. The Morgan fingerprint density at radius 1 is 1.28 bits per heavy atom. The standard InChI is InChI=1S/C18H16ClN3O3/c1-12-9-13(19)5-6-17(12)25-11-22-8-7-16(21-22)18(24)20-14-3-2-4-15(23)10-14/h2-10,23H,11H2,1H3,(H,20,24). The Bertz CT molecular complexity index is 908. The van der Waals surface area contributed by atoms with Crippen LogP contribution in [0.25, 0.3) is 0 Å². The van der Waals surface area contributed by atoms with E-state index < -0.39 is 0 Å². The van der Waals surface area contributed by atoms with Crippen LogP contribution in [0, 0.1) is 6.92 Å². The van der Waals surface area contributed by atoms with E-state index in [-0.39, 0.29) is 24.1 Å². The Morgan fingerprint density at radius 3 is 2.88 bits per heavy atom. The summed E-state index contributed by atoms with van der Waals surface area (Å²) in [6.45, 7) is 2.07. The predicted octanol–water partition coefficient (Wildman–Crippen LogP) is 3.84. The van der Waals surface area contributed by atoms with E-state index in [0.717, 1.165) is 5.56 Å². The smallest absolute Gasteiger partial charge is 0.276 e. The third-order valence-electron chi connectivity index (χ3n) is 3.47. The number of hydrogen-bond donors (Lipinski definition) is 2. The fourth-order valence-electron chi connectivity index (χ4n) is 2.24. The van der Waals surface area contributed by atoms with Crippen LogP contribution >= 0.6 is 11.6 Å². The maximum absolute atomic E-state index is 12.2. The highest BCUT2D eigenvalue weighted by molar-refractivity contribution is 6.30. The summed E-state index contributed by atoms with van der Waals surface area (Å²) in [4.78, 5) is 12.2. The molecule has 0 fully saturated rings. The number of carbonyl (C=O) groups excluding carboxylic acids is 1. The molecule has 25 heavy (non-hydrogen) atoms. The molecule has 0 aliphatic heterocycles. The van der Waals surface area contributed by atoms with Crippen LogP contribution in [0.5, 0.6) is 11.5 Å². The first-order chi connectivity index (χ1) is 12.0. The Balaban J connectivity index is 1.62. The van der Waals surface area contributed by atoms with Crippen LogP contribution in [0.3, 0.4) is 0 Å². The molecule has 3 aromatic rings. The quantitative estimate of drug-likeness (QED) is 0.727. The zero-order valence-corrected chi connectivity index (χ0v) is 14.2. The molecule has 6 nitrogen and oxygen atoms in total. The molecule has 1 heterocycles. The van der Waals surface area contributed by atoms with Crippen molar-refractivity contribution in [3.8, 4) is 11.5 Å². The van der Waals surface area contributed by atoms with Gasteiger partial charge in [0.25, 0.3) is 5.91 Å². The van der Waals surface area contributed by atoms with Gasteiger partial charge in [0.05, 0.1) is 0 Å². The average Bonchev–Trinajstić information content (AvgIpc) is 3.03. The lowest BCUT2D eigenvalue weighted by atomic mass is 10.2. The van der Waals surface area contributed by atoms with E-state index in [1.54, 1.807) is 36.5 Å². The van der Waals surface area contributed by atoms with Crippen LogP contribution in [-0.2, 0) is 6.73 Å². The van der Waals surface area contributed by atoms with Crippen LogP contribution in [-0.4, -0.2) is 20.8 Å². The van der Waals surface area contributed by atoms with Crippen molar-refractivity contribution in [1.82, 2.24) is 9.78 Å². The second-order valence-corrected chi connectivity index (χ2v) is 5.86. The third-order valence-corrected chi connectivity index (χ3v) is 3.70. The van der Waals surface area contributed by atoms with Crippen LogP contribution < -0.4 is 10.1 Å². The van der Waals surface area contributed by atoms with Gasteiger partial charge in [-0.3, -0.25) is 4.79 Å². The number of aromatic hydroxyl groups is 1. The molecular weight excluding hydrogens is 342 g/mol. The van der Waals surface area contributed by atoms with Crippen LogP contribution in [0.15, 0.2) is 54.7 Å². The Labute approximate surface area is 149 Å². The summed E-state index contributed by atoms with van der Waals surface area (Å²) in [6.07, 6.45) is 1.66. The summed E-state index contributed by atoms with van der Waals surface area (Å²) < 4.78 is 7.20. The number of hydrogen-bond acceptors (Lipinski definition) is 4. The van der Waals surface area contributed by atoms with Crippen molar-refractivity contribution in [3.05, 3.63) is 71.0 Å². The molecule has 0 spiro atoms. The first kappa shape index (κ1) is 16.9. The Kier molecular flexibility index (Phi) is 4.90. The average molecular weight is 358 g/mol. The number of aromatic nitrogens is 2. The van der Waals surface area contributed by atoms with Gasteiger partial charge in [-0.2, -0.15) is 5.10 Å². The molecule has 2 N–H and O–H groups in total. The molecule has 0 aliphatic carbocycles. The number of nitrogens with one attached hydrogen (secondary N) is 1. The molecular formula is C18H16ClN3O3. The third kappa shape index (κ3) is 4.30. The van der Waals surface area contributed by atoms with Crippen molar-refractivity contribution >= 4 is 23.2 Å². The van der Waals surface area contributed by atoms with Crippen molar-refractivity contribution in [2.75, 3.05) is 5.32 Å². The number of anilines is 1. The topological polar surface area (TPSA) is 76.4 Å². The molecule has 0 unspecified atom stereocenters. The highest BCUT2D eigenvalue weighted by atomic mass is 35.5. The van der Waals surface area contributed by atoms with Gasteiger partial charge in [-0.15, -0.1) is 0 Å². The van der Waals surface area contributed by atoms with Gasteiger partial charge in [-0.25, -0.2) is 4.68 Å². The number of halogens is 1. The van der Waals surface area contributed by atoms with E-state index >= 15 is 0 Å². The molecule has 7 heteroatoms. The number of ether oxygens (including phenoxy) is 1. The number of phenolic OH excluding ortho intramolecular Hbond substituents is 1. The van der Waals surface area contributed by atoms with Crippen molar-refractivity contribution in [2.24, 2.45) is 0 Å². The fraction of sp³-hybridized carbons (Fsp3) is 0.111. The maximum atomic E-state index is 12.2. The molecule has 0 bridgehead atoms. The minimum Gasteiger partial charge on any atom is -0.508 e. The van der Waals surface area contributed by atoms with Crippen molar-refractivity contribution in [1.29, 1.82) is 0 Å². The normalized spacial score (nSPS) is 10.5. The molecule has 3 rings (SSSR count). The van der Waals surface area contributed by atoms with E-state index in [4.69, 9.17) is 16.3 Å². The maximum Gasteiger partial charge on any atom is 0.276 e. The van der Waals surface area contributed by atoms with E-state index in [1.165, 1.54) is 16.8 Å². The number of nitrogens with zero attached hydrogens (tertiary/aromatic N) is 2. The second kappa shape index (κ2) is 7.27. The lowest BCUT2D eigenvalue weighted by Crippen LogP contribution is -2.14. The van der Waals surface area contributed by atoms with Gasteiger partial charge in [0.2, 0.25) is 0 Å². The van der Waals surface area contributed by atoms with Gasteiger partial charge in [0.15, 0.2) is 12.4 Å². The largest absolute Gasteiger partial charge is 0.508 e.